The summed E-state index contributed by atoms with van der Waals surface area (Å²) in [6.07, 6.45) is 5.98. The topological polar surface area (TPSA) is 87.7 Å². The Morgan fingerprint density at radius 2 is 1.94 bits per heavy atom. The third-order valence-electron chi connectivity index (χ3n) is 6.27. The van der Waals surface area contributed by atoms with Gasteiger partial charge in [-0.1, -0.05) is 52.2 Å². The molecular formula is C26H37N3O4. The fraction of sp³-hybridized carbons (Fsp3) is 0.577. The molecule has 2 aliphatic rings. The van der Waals surface area contributed by atoms with E-state index in [1.54, 1.807) is 11.8 Å². The maximum atomic E-state index is 13.1. The van der Waals surface area contributed by atoms with E-state index in [2.05, 4.69) is 10.6 Å². The van der Waals surface area contributed by atoms with E-state index < -0.39 is 12.0 Å². The van der Waals surface area contributed by atoms with Crippen molar-refractivity contribution in [1.82, 2.24) is 10.2 Å². The number of carbonyl (C=O) groups is 3. The van der Waals surface area contributed by atoms with E-state index in [4.69, 9.17) is 4.74 Å². The summed E-state index contributed by atoms with van der Waals surface area (Å²) in [5.41, 5.74) is 2.44. The first-order chi connectivity index (χ1) is 15.8. The summed E-state index contributed by atoms with van der Waals surface area (Å²) in [4.78, 5) is 40.3. The molecule has 1 aliphatic heterocycles. The number of nitrogens with zero attached hydrogens (tertiary/aromatic N) is 1. The van der Waals surface area contributed by atoms with Crippen LogP contribution in [0.1, 0.15) is 77.8 Å². The number of ether oxygens (including phenoxy) is 1. The predicted molar refractivity (Wildman–Crippen MR) is 128 cm³/mol. The number of amides is 3. The van der Waals surface area contributed by atoms with Crippen LogP contribution in [-0.2, 0) is 14.3 Å². The van der Waals surface area contributed by atoms with Gasteiger partial charge >= 0.3 is 12.0 Å². The van der Waals surface area contributed by atoms with Gasteiger partial charge in [-0.2, -0.15) is 0 Å². The minimum Gasteiger partial charge on any atom is -0.462 e. The molecule has 0 aromatic heterocycles. The van der Waals surface area contributed by atoms with Crippen LogP contribution >= 0.6 is 0 Å². The second kappa shape index (κ2) is 11.3. The Morgan fingerprint density at radius 1 is 1.21 bits per heavy atom. The number of rotatable bonds is 8. The zero-order chi connectivity index (χ0) is 24.0. The number of nitrogens with one attached hydrogen (secondary N) is 2. The molecule has 1 saturated carbocycles. The zero-order valence-electron chi connectivity index (χ0n) is 20.3. The minimum absolute atomic E-state index is 0.0388. The molecule has 0 radical (unpaired) electrons. The molecule has 7 nitrogen and oxygen atoms in total. The van der Waals surface area contributed by atoms with Gasteiger partial charge < -0.3 is 15.4 Å². The Balaban J connectivity index is 1.88. The molecular weight excluding hydrogens is 418 g/mol. The largest absolute Gasteiger partial charge is 0.462 e. The van der Waals surface area contributed by atoms with Crippen LogP contribution < -0.4 is 10.6 Å². The number of anilines is 1. The lowest BCUT2D eigenvalue weighted by molar-refractivity contribution is -0.140. The Labute approximate surface area is 196 Å². The summed E-state index contributed by atoms with van der Waals surface area (Å²) in [7, 11) is 0. The fourth-order valence-electron chi connectivity index (χ4n) is 4.51. The number of hydrogen-bond acceptors (Lipinski definition) is 4. The van der Waals surface area contributed by atoms with E-state index in [9.17, 15) is 14.4 Å². The number of carbonyl (C=O) groups excluding carboxylic acids is 3. The van der Waals surface area contributed by atoms with E-state index in [1.807, 2.05) is 45.0 Å². The molecule has 3 rings (SSSR count). The van der Waals surface area contributed by atoms with Crippen molar-refractivity contribution in [2.75, 3.05) is 18.5 Å². The molecule has 1 fully saturated rings. The van der Waals surface area contributed by atoms with Crippen LogP contribution in [0.5, 0.6) is 0 Å². The van der Waals surface area contributed by atoms with E-state index in [0.717, 1.165) is 37.7 Å². The summed E-state index contributed by atoms with van der Waals surface area (Å²) in [5, 5.41) is 6.01. The second-order valence-corrected chi connectivity index (χ2v) is 9.48. The molecule has 0 bridgehead atoms. The quantitative estimate of drug-likeness (QED) is 0.530. The Bertz CT molecular complexity index is 903. The molecule has 1 heterocycles. The fourth-order valence-corrected chi connectivity index (χ4v) is 4.51. The van der Waals surface area contributed by atoms with Crippen LogP contribution in [0.25, 0.3) is 0 Å². The first-order valence-corrected chi connectivity index (χ1v) is 12.2. The van der Waals surface area contributed by atoms with Crippen LogP contribution in [0, 0.1) is 11.8 Å². The maximum Gasteiger partial charge on any atom is 0.338 e. The summed E-state index contributed by atoms with van der Waals surface area (Å²) >= 11 is 0. The lowest BCUT2D eigenvalue weighted by atomic mass is 9.88. The van der Waals surface area contributed by atoms with Crippen LogP contribution in [0.15, 0.2) is 35.5 Å². The predicted octanol–water partition coefficient (Wildman–Crippen LogP) is 5.15. The number of esters is 1. The molecule has 1 aliphatic carbocycles. The minimum atomic E-state index is -0.642. The average molecular weight is 456 g/mol. The Morgan fingerprint density at radius 3 is 2.61 bits per heavy atom. The first kappa shape index (κ1) is 24.8. The molecule has 2 N–H and O–H groups in total. The van der Waals surface area contributed by atoms with Gasteiger partial charge in [0.25, 0.3) is 0 Å². The number of benzene rings is 1. The van der Waals surface area contributed by atoms with Crippen molar-refractivity contribution in [3.63, 3.8) is 0 Å². The van der Waals surface area contributed by atoms with Crippen LogP contribution in [-0.4, -0.2) is 36.0 Å². The molecule has 0 unspecified atom stereocenters. The Hall–Kier alpha value is -2.83. The van der Waals surface area contributed by atoms with Gasteiger partial charge in [0.1, 0.15) is 0 Å². The molecule has 3 amide bonds. The number of hydrogen-bond donors (Lipinski definition) is 2. The SMILES string of the molecule is CCCN1C(=O)N[C@H](c2cccc(NC(=O)C3CCCCC3)c2)C(C(=O)OCC(C)C)=C1C. The van der Waals surface area contributed by atoms with E-state index in [1.165, 1.54) is 6.42 Å². The van der Waals surface area contributed by atoms with E-state index in [0.29, 0.717) is 30.1 Å². The highest BCUT2D eigenvalue weighted by molar-refractivity contribution is 5.95. The molecule has 1 aromatic carbocycles. The Kier molecular flexibility index (Phi) is 8.53. The van der Waals surface area contributed by atoms with E-state index >= 15 is 0 Å². The van der Waals surface area contributed by atoms with E-state index in [-0.39, 0.29) is 23.8 Å². The highest BCUT2D eigenvalue weighted by atomic mass is 16.5. The lowest BCUT2D eigenvalue weighted by Crippen LogP contribution is -2.48. The van der Waals surface area contributed by atoms with Crippen molar-refractivity contribution in [2.24, 2.45) is 11.8 Å². The van der Waals surface area contributed by atoms with Gasteiger partial charge in [0.15, 0.2) is 0 Å². The summed E-state index contributed by atoms with van der Waals surface area (Å²) < 4.78 is 5.56. The first-order valence-electron chi connectivity index (χ1n) is 12.2. The average Bonchev–Trinajstić information content (AvgIpc) is 2.80. The van der Waals surface area contributed by atoms with Crippen LogP contribution in [0.2, 0.25) is 0 Å². The maximum absolute atomic E-state index is 13.1. The van der Waals surface area contributed by atoms with Gasteiger partial charge in [-0.3, -0.25) is 9.69 Å². The smallest absolute Gasteiger partial charge is 0.338 e. The third kappa shape index (κ3) is 6.15. The van der Waals surface area contributed by atoms with Crippen molar-refractivity contribution in [1.29, 1.82) is 0 Å². The third-order valence-corrected chi connectivity index (χ3v) is 6.27. The highest BCUT2D eigenvalue weighted by Crippen LogP contribution is 2.33. The standard InChI is InChI=1S/C26H37N3O4/c1-5-14-29-18(4)22(25(31)33-16-17(2)3)23(28-26(29)32)20-12-9-13-21(15-20)27-24(30)19-10-7-6-8-11-19/h9,12-13,15,17,19,23H,5-8,10-11,14,16H2,1-4H3,(H,27,30)(H,28,32)/t23-/m1/s1. The zero-order valence-corrected chi connectivity index (χ0v) is 20.3. The van der Waals surface area contributed by atoms with Crippen LogP contribution in [0.3, 0.4) is 0 Å². The summed E-state index contributed by atoms with van der Waals surface area (Å²) in [6, 6.07) is 6.49. The highest BCUT2D eigenvalue weighted by Gasteiger charge is 2.36. The van der Waals surface area contributed by atoms with Gasteiger partial charge in [-0.15, -0.1) is 0 Å². The second-order valence-electron chi connectivity index (χ2n) is 9.48. The van der Waals surface area contributed by atoms with Crippen molar-refractivity contribution < 1.29 is 19.1 Å². The van der Waals surface area contributed by atoms with Gasteiger partial charge in [0.05, 0.1) is 18.2 Å². The monoisotopic (exact) mass is 455 g/mol. The number of allylic oxidation sites excluding steroid dienone is 1. The summed E-state index contributed by atoms with van der Waals surface area (Å²) in [6.45, 7) is 8.57. The number of urea groups is 1. The molecule has 0 spiro atoms. The molecule has 33 heavy (non-hydrogen) atoms. The molecule has 7 heteroatoms. The molecule has 1 aromatic rings. The molecule has 1 atom stereocenters. The van der Waals surface area contributed by atoms with Gasteiger partial charge in [0, 0.05) is 23.8 Å². The van der Waals surface area contributed by atoms with Crippen molar-refractivity contribution in [3.8, 4) is 0 Å². The summed E-state index contributed by atoms with van der Waals surface area (Å²) in [5.74, 6) is -0.138. The normalized spacial score (nSPS) is 19.5. The molecule has 0 saturated heterocycles. The van der Waals surface area contributed by atoms with Crippen molar-refractivity contribution in [2.45, 2.75) is 72.3 Å². The van der Waals surface area contributed by atoms with Gasteiger partial charge in [-0.25, -0.2) is 9.59 Å². The van der Waals surface area contributed by atoms with Gasteiger partial charge in [0.2, 0.25) is 5.91 Å². The van der Waals surface area contributed by atoms with Crippen LogP contribution in [0.4, 0.5) is 10.5 Å². The van der Waals surface area contributed by atoms with Gasteiger partial charge in [-0.05, 0) is 49.8 Å². The van der Waals surface area contributed by atoms with Crippen molar-refractivity contribution >= 4 is 23.6 Å². The molecule has 180 valence electrons. The van der Waals surface area contributed by atoms with Crippen molar-refractivity contribution in [3.05, 3.63) is 41.1 Å². The lowest BCUT2D eigenvalue weighted by Gasteiger charge is -2.35.